The van der Waals surface area contributed by atoms with Gasteiger partial charge in [0.15, 0.2) is 0 Å². The van der Waals surface area contributed by atoms with Crippen molar-refractivity contribution in [2.24, 2.45) is 5.92 Å². The molecule has 120 valence electrons. The van der Waals surface area contributed by atoms with Crippen molar-refractivity contribution in [2.45, 2.75) is 25.8 Å². The van der Waals surface area contributed by atoms with Crippen molar-refractivity contribution in [3.63, 3.8) is 0 Å². The molecule has 4 rings (SSSR count). The van der Waals surface area contributed by atoms with Crippen molar-refractivity contribution in [2.75, 3.05) is 30.3 Å². The Labute approximate surface area is 136 Å². The minimum absolute atomic E-state index is 0.354. The standard InChI is InChI=1S/C18H23N5/c1-12-16(13-6-3-2-4-7-13)21-18(19)22-17(12)23-10-14-8-5-9-20-15(14)11-23/h2-4,6-7,14-15,20H,5,8-11H2,1H3,(H2,19,21,22). The Bertz CT molecular complexity index is 686. The van der Waals surface area contributed by atoms with E-state index in [0.717, 1.165) is 48.2 Å². The molecule has 2 aliphatic rings. The minimum Gasteiger partial charge on any atom is -0.368 e. The van der Waals surface area contributed by atoms with Crippen LogP contribution in [-0.2, 0) is 0 Å². The summed E-state index contributed by atoms with van der Waals surface area (Å²) in [5, 5.41) is 3.64. The lowest BCUT2D eigenvalue weighted by Crippen LogP contribution is -2.40. The van der Waals surface area contributed by atoms with Gasteiger partial charge in [0.05, 0.1) is 5.69 Å². The molecule has 1 aromatic carbocycles. The van der Waals surface area contributed by atoms with Gasteiger partial charge in [0.2, 0.25) is 5.95 Å². The van der Waals surface area contributed by atoms with Gasteiger partial charge in [-0.15, -0.1) is 0 Å². The predicted octanol–water partition coefficient (Wildman–Crippen LogP) is 2.22. The van der Waals surface area contributed by atoms with Crippen molar-refractivity contribution >= 4 is 11.8 Å². The number of nitrogens with zero attached hydrogens (tertiary/aromatic N) is 3. The van der Waals surface area contributed by atoms with Crippen LogP contribution in [0.1, 0.15) is 18.4 Å². The molecule has 0 amide bonds. The fraction of sp³-hybridized carbons (Fsp3) is 0.444. The van der Waals surface area contributed by atoms with E-state index >= 15 is 0 Å². The summed E-state index contributed by atoms with van der Waals surface area (Å²) in [6.45, 7) is 5.31. The van der Waals surface area contributed by atoms with Gasteiger partial charge >= 0.3 is 0 Å². The highest BCUT2D eigenvalue weighted by molar-refractivity contribution is 5.70. The molecule has 1 aromatic heterocycles. The highest BCUT2D eigenvalue weighted by Crippen LogP contribution is 2.33. The molecule has 2 aliphatic heterocycles. The van der Waals surface area contributed by atoms with E-state index in [-0.39, 0.29) is 0 Å². The van der Waals surface area contributed by atoms with E-state index in [9.17, 15) is 0 Å². The Morgan fingerprint density at radius 1 is 1.17 bits per heavy atom. The van der Waals surface area contributed by atoms with Crippen LogP contribution >= 0.6 is 0 Å². The average Bonchev–Trinajstić information content (AvgIpc) is 3.01. The van der Waals surface area contributed by atoms with E-state index in [1.807, 2.05) is 18.2 Å². The number of nitrogens with two attached hydrogens (primary N) is 1. The lowest BCUT2D eigenvalue weighted by molar-refractivity contribution is 0.340. The number of nitrogen functional groups attached to an aromatic ring is 1. The summed E-state index contributed by atoms with van der Waals surface area (Å²) >= 11 is 0. The van der Waals surface area contributed by atoms with E-state index in [2.05, 4.69) is 39.2 Å². The Balaban J connectivity index is 1.71. The first-order valence-corrected chi connectivity index (χ1v) is 8.40. The molecule has 3 N–H and O–H groups in total. The number of rotatable bonds is 2. The first kappa shape index (κ1) is 14.5. The average molecular weight is 309 g/mol. The smallest absolute Gasteiger partial charge is 0.222 e. The van der Waals surface area contributed by atoms with Crippen LogP contribution in [0, 0.1) is 12.8 Å². The van der Waals surface area contributed by atoms with Crippen molar-refractivity contribution in [3.05, 3.63) is 35.9 Å². The zero-order chi connectivity index (χ0) is 15.8. The molecule has 2 saturated heterocycles. The van der Waals surface area contributed by atoms with E-state index in [1.54, 1.807) is 0 Å². The Morgan fingerprint density at radius 2 is 2.00 bits per heavy atom. The lowest BCUT2D eigenvalue weighted by Gasteiger charge is -2.24. The van der Waals surface area contributed by atoms with Crippen molar-refractivity contribution in [1.82, 2.24) is 15.3 Å². The van der Waals surface area contributed by atoms with Crippen LogP contribution in [-0.4, -0.2) is 35.6 Å². The second-order valence-electron chi connectivity index (χ2n) is 6.61. The molecule has 2 atom stereocenters. The molecule has 23 heavy (non-hydrogen) atoms. The van der Waals surface area contributed by atoms with Crippen LogP contribution in [0.5, 0.6) is 0 Å². The summed E-state index contributed by atoms with van der Waals surface area (Å²) in [7, 11) is 0. The fourth-order valence-electron chi connectivity index (χ4n) is 3.93. The lowest BCUT2D eigenvalue weighted by atomic mass is 9.94. The normalized spacial score (nSPS) is 23.8. The van der Waals surface area contributed by atoms with Gasteiger partial charge in [-0.1, -0.05) is 30.3 Å². The molecule has 0 bridgehead atoms. The number of nitrogens with one attached hydrogen (secondary N) is 1. The summed E-state index contributed by atoms with van der Waals surface area (Å²) in [6, 6.07) is 10.8. The van der Waals surface area contributed by atoms with Crippen LogP contribution in [0.25, 0.3) is 11.3 Å². The van der Waals surface area contributed by atoms with Crippen molar-refractivity contribution in [3.8, 4) is 11.3 Å². The molecular formula is C18H23N5. The van der Waals surface area contributed by atoms with Crippen molar-refractivity contribution in [1.29, 1.82) is 0 Å². The molecule has 0 aliphatic carbocycles. The van der Waals surface area contributed by atoms with Gasteiger partial charge < -0.3 is 16.0 Å². The number of benzene rings is 1. The summed E-state index contributed by atoms with van der Waals surface area (Å²) in [4.78, 5) is 11.4. The Morgan fingerprint density at radius 3 is 2.78 bits per heavy atom. The van der Waals surface area contributed by atoms with Gasteiger partial charge in [-0.05, 0) is 32.2 Å². The van der Waals surface area contributed by atoms with Crippen LogP contribution < -0.4 is 16.0 Å². The minimum atomic E-state index is 0.354. The van der Waals surface area contributed by atoms with Crippen LogP contribution in [0.4, 0.5) is 11.8 Å². The molecule has 0 radical (unpaired) electrons. The van der Waals surface area contributed by atoms with E-state index in [1.165, 1.54) is 12.8 Å². The van der Waals surface area contributed by atoms with Crippen LogP contribution in [0.15, 0.2) is 30.3 Å². The van der Waals surface area contributed by atoms with Gasteiger partial charge in [0.25, 0.3) is 0 Å². The van der Waals surface area contributed by atoms with Gasteiger partial charge in [0.1, 0.15) is 5.82 Å². The Kier molecular flexibility index (Phi) is 3.65. The maximum atomic E-state index is 6.02. The van der Waals surface area contributed by atoms with Crippen LogP contribution in [0.2, 0.25) is 0 Å². The summed E-state index contributed by atoms with van der Waals surface area (Å²) in [5.41, 5.74) is 9.16. The van der Waals surface area contributed by atoms with Gasteiger partial charge in [-0.3, -0.25) is 0 Å². The van der Waals surface area contributed by atoms with E-state index < -0.39 is 0 Å². The summed E-state index contributed by atoms with van der Waals surface area (Å²) in [6.07, 6.45) is 2.58. The second-order valence-corrected chi connectivity index (χ2v) is 6.61. The molecule has 0 spiro atoms. The van der Waals surface area contributed by atoms with Crippen LogP contribution in [0.3, 0.4) is 0 Å². The summed E-state index contributed by atoms with van der Waals surface area (Å²) in [5.74, 6) is 2.07. The van der Waals surface area contributed by atoms with E-state index in [4.69, 9.17) is 5.73 Å². The number of hydrogen-bond donors (Lipinski definition) is 2. The van der Waals surface area contributed by atoms with Crippen molar-refractivity contribution < 1.29 is 0 Å². The molecule has 2 fully saturated rings. The van der Waals surface area contributed by atoms with E-state index in [0.29, 0.717) is 12.0 Å². The van der Waals surface area contributed by atoms with Gasteiger partial charge in [-0.25, -0.2) is 4.98 Å². The van der Waals surface area contributed by atoms with Gasteiger partial charge in [0, 0.05) is 30.3 Å². The zero-order valence-corrected chi connectivity index (χ0v) is 13.5. The zero-order valence-electron chi connectivity index (χ0n) is 13.5. The maximum absolute atomic E-state index is 6.02. The third-order valence-corrected chi connectivity index (χ3v) is 5.08. The highest BCUT2D eigenvalue weighted by atomic mass is 15.3. The number of hydrogen-bond acceptors (Lipinski definition) is 5. The molecule has 2 unspecified atom stereocenters. The first-order valence-electron chi connectivity index (χ1n) is 8.40. The number of anilines is 2. The number of aromatic nitrogens is 2. The quantitative estimate of drug-likeness (QED) is 0.890. The molecule has 2 aromatic rings. The Hall–Kier alpha value is -2.14. The summed E-state index contributed by atoms with van der Waals surface area (Å²) < 4.78 is 0. The van der Waals surface area contributed by atoms with Gasteiger partial charge in [-0.2, -0.15) is 4.98 Å². The number of piperidine rings is 1. The molecule has 0 saturated carbocycles. The SMILES string of the molecule is Cc1c(-c2ccccc2)nc(N)nc1N1CC2CCCNC2C1. The largest absolute Gasteiger partial charge is 0.368 e. The third-order valence-electron chi connectivity index (χ3n) is 5.08. The first-order chi connectivity index (χ1) is 11.2. The highest BCUT2D eigenvalue weighted by Gasteiger charge is 2.35. The fourth-order valence-corrected chi connectivity index (χ4v) is 3.93. The topological polar surface area (TPSA) is 67.1 Å². The number of fused-ring (bicyclic) bond motifs is 1. The second kappa shape index (κ2) is 5.81. The molecular weight excluding hydrogens is 286 g/mol. The molecule has 5 nitrogen and oxygen atoms in total. The molecule has 3 heterocycles. The maximum Gasteiger partial charge on any atom is 0.222 e. The monoisotopic (exact) mass is 309 g/mol. The predicted molar refractivity (Wildman–Crippen MR) is 93.3 cm³/mol. The molecule has 5 heteroatoms. The third kappa shape index (κ3) is 2.65.